The second-order valence-electron chi connectivity index (χ2n) is 6.00. The minimum Gasteiger partial charge on any atom is -0.478 e. The fourth-order valence-corrected chi connectivity index (χ4v) is 3.95. The highest BCUT2D eigenvalue weighted by Gasteiger charge is 2.15. The van der Waals surface area contributed by atoms with Crippen molar-refractivity contribution in [1.29, 1.82) is 0 Å². The van der Waals surface area contributed by atoms with Crippen LogP contribution in [-0.2, 0) is 6.54 Å². The van der Waals surface area contributed by atoms with E-state index in [-0.39, 0.29) is 10.6 Å². The third-order valence-corrected chi connectivity index (χ3v) is 5.38. The summed E-state index contributed by atoms with van der Waals surface area (Å²) in [4.78, 5) is 16.3. The molecule has 0 atom stereocenters. The molecule has 0 aliphatic heterocycles. The molecule has 0 saturated heterocycles. The Hall–Kier alpha value is -2.28. The van der Waals surface area contributed by atoms with Crippen LogP contribution in [0.4, 0.5) is 10.2 Å². The summed E-state index contributed by atoms with van der Waals surface area (Å²) in [5.41, 5.74) is 1.88. The molecule has 0 aliphatic carbocycles. The first-order valence-electron chi connectivity index (χ1n) is 8.18. The maximum absolute atomic E-state index is 13.5. The van der Waals surface area contributed by atoms with Crippen LogP contribution in [0.2, 0.25) is 10.0 Å². The van der Waals surface area contributed by atoms with E-state index >= 15 is 0 Å². The zero-order chi connectivity index (χ0) is 20.3. The number of aryl methyl sites for hydroxylation is 1. The van der Waals surface area contributed by atoms with Gasteiger partial charge in [-0.25, -0.2) is 14.2 Å². The molecule has 0 aliphatic rings. The summed E-state index contributed by atoms with van der Waals surface area (Å²) in [6.07, 6.45) is 1.56. The Morgan fingerprint density at radius 3 is 2.50 bits per heavy atom. The molecule has 1 N–H and O–H groups in total. The molecule has 28 heavy (non-hydrogen) atoms. The van der Waals surface area contributed by atoms with Gasteiger partial charge in [-0.1, -0.05) is 29.3 Å². The third kappa shape index (κ3) is 4.95. The van der Waals surface area contributed by atoms with E-state index in [0.717, 1.165) is 16.0 Å². The molecule has 0 radical (unpaired) electrons. The predicted octanol–water partition coefficient (Wildman–Crippen LogP) is 6.25. The van der Waals surface area contributed by atoms with Crippen molar-refractivity contribution < 1.29 is 14.3 Å². The molecule has 2 aromatic carbocycles. The van der Waals surface area contributed by atoms with Crippen molar-refractivity contribution >= 4 is 46.9 Å². The van der Waals surface area contributed by atoms with Crippen LogP contribution in [0, 0.1) is 12.7 Å². The first kappa shape index (κ1) is 20.5. The quantitative estimate of drug-likeness (QED) is 0.462. The number of nitrogens with zero attached hydrogens (tertiary/aromatic N) is 2. The lowest BCUT2D eigenvalue weighted by atomic mass is 10.2. The average Bonchev–Trinajstić information content (AvgIpc) is 2.65. The van der Waals surface area contributed by atoms with Crippen LogP contribution in [0.15, 0.2) is 59.6 Å². The summed E-state index contributed by atoms with van der Waals surface area (Å²) in [6.45, 7) is 2.30. The number of carboxylic acid groups (broad SMARTS) is 1. The topological polar surface area (TPSA) is 53.4 Å². The van der Waals surface area contributed by atoms with Gasteiger partial charge in [-0.05, 0) is 72.5 Å². The SMILES string of the molecule is Cc1cc(Cl)cnc1N(Cc1ccc(F)c(Cl)c1)Sc1ccc(C(=O)O)cc1. The van der Waals surface area contributed by atoms with Gasteiger partial charge in [-0.15, -0.1) is 0 Å². The van der Waals surface area contributed by atoms with Crippen molar-refractivity contribution in [3.63, 3.8) is 0 Å². The van der Waals surface area contributed by atoms with Crippen LogP contribution in [0.1, 0.15) is 21.5 Å². The van der Waals surface area contributed by atoms with Crippen LogP contribution in [0.3, 0.4) is 0 Å². The zero-order valence-corrected chi connectivity index (χ0v) is 17.0. The van der Waals surface area contributed by atoms with E-state index in [1.807, 2.05) is 17.3 Å². The number of pyridine rings is 1. The van der Waals surface area contributed by atoms with E-state index < -0.39 is 11.8 Å². The summed E-state index contributed by atoms with van der Waals surface area (Å²) in [5, 5.41) is 9.64. The normalized spacial score (nSPS) is 10.7. The lowest BCUT2D eigenvalue weighted by Gasteiger charge is -2.24. The van der Waals surface area contributed by atoms with E-state index in [1.165, 1.54) is 18.0 Å². The molecule has 0 fully saturated rings. The molecule has 8 heteroatoms. The van der Waals surface area contributed by atoms with Crippen molar-refractivity contribution in [2.75, 3.05) is 4.31 Å². The number of rotatable bonds is 6. The summed E-state index contributed by atoms with van der Waals surface area (Å²) < 4.78 is 15.4. The smallest absolute Gasteiger partial charge is 0.335 e. The van der Waals surface area contributed by atoms with Gasteiger partial charge in [-0.3, -0.25) is 4.31 Å². The monoisotopic (exact) mass is 436 g/mol. The van der Waals surface area contributed by atoms with Crippen LogP contribution in [-0.4, -0.2) is 16.1 Å². The Morgan fingerprint density at radius 1 is 1.18 bits per heavy atom. The van der Waals surface area contributed by atoms with Gasteiger partial charge in [0.1, 0.15) is 11.6 Å². The van der Waals surface area contributed by atoms with E-state index in [9.17, 15) is 9.18 Å². The fourth-order valence-electron chi connectivity index (χ4n) is 2.53. The molecular formula is C20H15Cl2FN2O2S. The maximum Gasteiger partial charge on any atom is 0.335 e. The summed E-state index contributed by atoms with van der Waals surface area (Å²) in [7, 11) is 0. The fraction of sp³-hybridized carbons (Fsp3) is 0.100. The molecule has 0 spiro atoms. The van der Waals surface area contributed by atoms with Gasteiger partial charge in [0.25, 0.3) is 0 Å². The van der Waals surface area contributed by atoms with E-state index in [2.05, 4.69) is 4.98 Å². The predicted molar refractivity (Wildman–Crippen MR) is 111 cm³/mol. The van der Waals surface area contributed by atoms with Gasteiger partial charge in [-0.2, -0.15) is 0 Å². The largest absolute Gasteiger partial charge is 0.478 e. The number of carbonyl (C=O) groups is 1. The van der Waals surface area contributed by atoms with Crippen molar-refractivity contribution in [1.82, 2.24) is 4.98 Å². The number of hydrogen-bond donors (Lipinski definition) is 1. The van der Waals surface area contributed by atoms with E-state index in [0.29, 0.717) is 17.4 Å². The minimum atomic E-state index is -0.982. The molecule has 4 nitrogen and oxygen atoms in total. The van der Waals surface area contributed by atoms with Crippen molar-refractivity contribution in [2.24, 2.45) is 0 Å². The summed E-state index contributed by atoms with van der Waals surface area (Å²) in [6, 6.07) is 12.9. The number of carboxylic acids is 1. The van der Waals surface area contributed by atoms with Gasteiger partial charge < -0.3 is 5.11 Å². The summed E-state index contributed by atoms with van der Waals surface area (Å²) in [5.74, 6) is -0.767. The maximum atomic E-state index is 13.5. The van der Waals surface area contributed by atoms with Crippen LogP contribution < -0.4 is 4.31 Å². The number of anilines is 1. The van der Waals surface area contributed by atoms with Gasteiger partial charge >= 0.3 is 5.97 Å². The number of halogens is 3. The zero-order valence-electron chi connectivity index (χ0n) is 14.7. The number of benzene rings is 2. The second kappa shape index (κ2) is 8.82. The Balaban J connectivity index is 1.93. The Bertz CT molecular complexity index is 1020. The molecule has 0 amide bonds. The first-order valence-corrected chi connectivity index (χ1v) is 9.71. The highest BCUT2D eigenvalue weighted by molar-refractivity contribution is 8.00. The Kier molecular flexibility index (Phi) is 6.44. The molecule has 0 unspecified atom stereocenters. The molecular weight excluding hydrogens is 422 g/mol. The molecule has 1 aromatic heterocycles. The summed E-state index contributed by atoms with van der Waals surface area (Å²) >= 11 is 13.3. The van der Waals surface area contributed by atoms with E-state index in [1.54, 1.807) is 42.6 Å². The van der Waals surface area contributed by atoms with Crippen molar-refractivity contribution in [3.05, 3.63) is 87.3 Å². The minimum absolute atomic E-state index is 0.0500. The number of aromatic carboxylic acids is 1. The molecule has 1 heterocycles. The number of aromatic nitrogens is 1. The highest BCUT2D eigenvalue weighted by atomic mass is 35.5. The first-order chi connectivity index (χ1) is 13.3. The van der Waals surface area contributed by atoms with Gasteiger partial charge in [0.2, 0.25) is 0 Å². The second-order valence-corrected chi connectivity index (χ2v) is 7.94. The van der Waals surface area contributed by atoms with Crippen molar-refractivity contribution in [3.8, 4) is 0 Å². The van der Waals surface area contributed by atoms with Crippen molar-refractivity contribution in [2.45, 2.75) is 18.4 Å². The third-order valence-electron chi connectivity index (χ3n) is 3.88. The molecule has 3 aromatic rings. The standard InChI is InChI=1S/C20H15Cl2FN2O2S/c1-12-8-15(21)10-24-19(12)25(11-13-2-7-18(23)17(22)9-13)28-16-5-3-14(4-6-16)20(26)27/h2-10H,11H2,1H3,(H,26,27). The van der Waals surface area contributed by atoms with Crippen LogP contribution in [0.25, 0.3) is 0 Å². The van der Waals surface area contributed by atoms with Gasteiger partial charge in [0, 0.05) is 11.1 Å². The Labute approximate surface area is 176 Å². The van der Waals surface area contributed by atoms with Gasteiger partial charge in [0.05, 0.1) is 22.2 Å². The molecule has 144 valence electrons. The molecule has 0 bridgehead atoms. The molecule has 3 rings (SSSR count). The lowest BCUT2D eigenvalue weighted by Crippen LogP contribution is -2.16. The molecule has 0 saturated carbocycles. The number of hydrogen-bond acceptors (Lipinski definition) is 4. The average molecular weight is 437 g/mol. The van der Waals surface area contributed by atoms with Crippen LogP contribution >= 0.6 is 35.1 Å². The van der Waals surface area contributed by atoms with Gasteiger partial charge in [0.15, 0.2) is 0 Å². The van der Waals surface area contributed by atoms with Crippen LogP contribution in [0.5, 0.6) is 0 Å². The highest BCUT2D eigenvalue weighted by Crippen LogP contribution is 2.33. The Morgan fingerprint density at radius 2 is 1.89 bits per heavy atom. The van der Waals surface area contributed by atoms with E-state index in [4.69, 9.17) is 28.3 Å². The lowest BCUT2D eigenvalue weighted by molar-refractivity contribution is 0.0697.